The van der Waals surface area contributed by atoms with E-state index in [4.69, 9.17) is 5.11 Å². The van der Waals surface area contributed by atoms with Crippen molar-refractivity contribution in [2.75, 3.05) is 5.75 Å². The Morgan fingerprint density at radius 2 is 2.33 bits per heavy atom. The average molecular weight is 269 g/mol. The Morgan fingerprint density at radius 3 is 2.83 bits per heavy atom. The number of thioether (sulfide) groups is 1. The van der Waals surface area contributed by atoms with E-state index < -0.39 is 12.0 Å². The van der Waals surface area contributed by atoms with E-state index in [0.29, 0.717) is 5.75 Å². The first-order chi connectivity index (χ1) is 8.52. The SMILES string of the molecule is CCc1c(C)nn(C[C@@H]2N[C@H](C(=O)O)CS2)c1C. The lowest BCUT2D eigenvalue weighted by atomic mass is 10.1. The van der Waals surface area contributed by atoms with Gasteiger partial charge in [0.25, 0.3) is 0 Å². The summed E-state index contributed by atoms with van der Waals surface area (Å²) in [6, 6.07) is -0.428. The molecule has 1 aliphatic rings. The molecule has 100 valence electrons. The number of aliphatic carboxylic acids is 1. The van der Waals surface area contributed by atoms with Crippen LogP contribution in [0.5, 0.6) is 0 Å². The molecular weight excluding hydrogens is 250 g/mol. The lowest BCUT2D eigenvalue weighted by Gasteiger charge is -2.12. The Balaban J connectivity index is 2.05. The normalized spacial score (nSPS) is 23.5. The Morgan fingerprint density at radius 1 is 1.61 bits per heavy atom. The number of hydrogen-bond acceptors (Lipinski definition) is 4. The highest BCUT2D eigenvalue weighted by molar-refractivity contribution is 8.00. The molecule has 0 aromatic carbocycles. The summed E-state index contributed by atoms with van der Waals surface area (Å²) in [5, 5.41) is 16.7. The van der Waals surface area contributed by atoms with Crippen LogP contribution in [0, 0.1) is 13.8 Å². The molecular formula is C12H19N3O2S. The van der Waals surface area contributed by atoms with Gasteiger partial charge in [-0.3, -0.25) is 14.8 Å². The van der Waals surface area contributed by atoms with Gasteiger partial charge in [-0.2, -0.15) is 5.10 Å². The van der Waals surface area contributed by atoms with Gasteiger partial charge in [0.05, 0.1) is 17.6 Å². The highest BCUT2D eigenvalue weighted by atomic mass is 32.2. The molecule has 0 unspecified atom stereocenters. The van der Waals surface area contributed by atoms with Crippen molar-refractivity contribution in [3.05, 3.63) is 17.0 Å². The summed E-state index contributed by atoms with van der Waals surface area (Å²) in [5.74, 6) is -0.146. The van der Waals surface area contributed by atoms with Crippen LogP contribution >= 0.6 is 11.8 Å². The standard InChI is InChI=1S/C12H19N3O2S/c1-4-9-7(2)14-15(8(9)3)5-11-13-10(6-18-11)12(16)17/h10-11,13H,4-6H2,1-3H3,(H,16,17)/t10-,11+/m0/s1. The third-order valence-electron chi connectivity index (χ3n) is 3.37. The molecule has 6 heteroatoms. The molecule has 2 rings (SSSR count). The number of carboxylic acid groups (broad SMARTS) is 1. The Hall–Kier alpha value is -1.01. The van der Waals surface area contributed by atoms with Gasteiger partial charge in [-0.1, -0.05) is 6.92 Å². The fraction of sp³-hybridized carbons (Fsp3) is 0.667. The first-order valence-corrected chi connectivity index (χ1v) is 7.21. The van der Waals surface area contributed by atoms with Gasteiger partial charge >= 0.3 is 5.97 Å². The zero-order chi connectivity index (χ0) is 13.3. The number of nitrogens with one attached hydrogen (secondary N) is 1. The summed E-state index contributed by atoms with van der Waals surface area (Å²) < 4.78 is 1.99. The summed E-state index contributed by atoms with van der Waals surface area (Å²) in [5.41, 5.74) is 3.57. The van der Waals surface area contributed by atoms with Crippen molar-refractivity contribution < 1.29 is 9.90 Å². The van der Waals surface area contributed by atoms with Gasteiger partial charge in [-0.25, -0.2) is 0 Å². The fourth-order valence-electron chi connectivity index (χ4n) is 2.36. The van der Waals surface area contributed by atoms with Gasteiger partial charge < -0.3 is 5.11 Å². The van der Waals surface area contributed by atoms with Gasteiger partial charge in [-0.05, 0) is 25.8 Å². The van der Waals surface area contributed by atoms with Crippen molar-refractivity contribution in [3.63, 3.8) is 0 Å². The minimum Gasteiger partial charge on any atom is -0.480 e. The zero-order valence-electron chi connectivity index (χ0n) is 10.9. The minimum atomic E-state index is -0.771. The number of nitrogens with zero attached hydrogens (tertiary/aromatic N) is 2. The summed E-state index contributed by atoms with van der Waals surface area (Å²) in [6.07, 6.45) is 0.987. The summed E-state index contributed by atoms with van der Waals surface area (Å²) in [6.45, 7) is 6.95. The first-order valence-electron chi connectivity index (χ1n) is 6.16. The van der Waals surface area contributed by atoms with Crippen LogP contribution in [0.15, 0.2) is 0 Å². The highest BCUT2D eigenvalue weighted by Gasteiger charge is 2.30. The minimum absolute atomic E-state index is 0.133. The molecule has 0 aliphatic carbocycles. The molecule has 0 radical (unpaired) electrons. The molecule has 0 amide bonds. The van der Waals surface area contributed by atoms with E-state index in [9.17, 15) is 4.79 Å². The number of rotatable bonds is 4. The molecule has 1 fully saturated rings. The van der Waals surface area contributed by atoms with Crippen LogP contribution in [0.3, 0.4) is 0 Å². The van der Waals surface area contributed by atoms with E-state index in [1.807, 2.05) is 11.6 Å². The molecule has 1 aromatic rings. The highest BCUT2D eigenvalue weighted by Crippen LogP contribution is 2.22. The lowest BCUT2D eigenvalue weighted by Crippen LogP contribution is -2.38. The fourth-order valence-corrected chi connectivity index (χ4v) is 3.53. The maximum atomic E-state index is 10.9. The topological polar surface area (TPSA) is 67.2 Å². The van der Waals surface area contributed by atoms with Gasteiger partial charge in [0, 0.05) is 11.4 Å². The Bertz CT molecular complexity index is 458. The number of hydrogen-bond donors (Lipinski definition) is 2. The van der Waals surface area contributed by atoms with Crippen LogP contribution < -0.4 is 5.32 Å². The van der Waals surface area contributed by atoms with Crippen LogP contribution in [-0.2, 0) is 17.8 Å². The van der Waals surface area contributed by atoms with Gasteiger partial charge in [-0.15, -0.1) is 11.8 Å². The Kier molecular flexibility index (Phi) is 3.97. The van der Waals surface area contributed by atoms with E-state index in [0.717, 1.165) is 18.7 Å². The summed E-state index contributed by atoms with van der Waals surface area (Å²) >= 11 is 1.65. The van der Waals surface area contributed by atoms with Crippen LogP contribution in [0.2, 0.25) is 0 Å². The summed E-state index contributed by atoms with van der Waals surface area (Å²) in [7, 11) is 0. The van der Waals surface area contributed by atoms with Crippen LogP contribution in [0.4, 0.5) is 0 Å². The van der Waals surface area contributed by atoms with Crippen molar-refractivity contribution >= 4 is 17.7 Å². The number of aromatic nitrogens is 2. The largest absolute Gasteiger partial charge is 0.480 e. The maximum absolute atomic E-state index is 10.9. The van der Waals surface area contributed by atoms with Gasteiger partial charge in [0.2, 0.25) is 0 Å². The number of carbonyl (C=O) groups is 1. The van der Waals surface area contributed by atoms with E-state index in [-0.39, 0.29) is 5.37 Å². The molecule has 1 aliphatic heterocycles. The van der Waals surface area contributed by atoms with Crippen LogP contribution in [-0.4, -0.2) is 38.0 Å². The van der Waals surface area contributed by atoms with E-state index in [2.05, 4.69) is 24.3 Å². The molecule has 18 heavy (non-hydrogen) atoms. The monoisotopic (exact) mass is 269 g/mol. The predicted octanol–water partition coefficient (Wildman–Crippen LogP) is 1.18. The number of aryl methyl sites for hydroxylation is 1. The quantitative estimate of drug-likeness (QED) is 0.859. The van der Waals surface area contributed by atoms with E-state index in [1.54, 1.807) is 11.8 Å². The van der Waals surface area contributed by atoms with Crippen LogP contribution in [0.25, 0.3) is 0 Å². The van der Waals surface area contributed by atoms with Gasteiger partial charge in [0.1, 0.15) is 6.04 Å². The van der Waals surface area contributed by atoms with Crippen molar-refractivity contribution in [2.24, 2.45) is 0 Å². The molecule has 0 bridgehead atoms. The summed E-state index contributed by atoms with van der Waals surface area (Å²) in [4.78, 5) is 10.9. The molecule has 2 N–H and O–H groups in total. The first kappa shape index (κ1) is 13.4. The maximum Gasteiger partial charge on any atom is 0.321 e. The third-order valence-corrected chi connectivity index (χ3v) is 4.59. The average Bonchev–Trinajstić information content (AvgIpc) is 2.86. The second kappa shape index (κ2) is 5.32. The smallest absolute Gasteiger partial charge is 0.321 e. The predicted molar refractivity (Wildman–Crippen MR) is 71.9 cm³/mol. The van der Waals surface area contributed by atoms with Crippen molar-refractivity contribution in [1.29, 1.82) is 0 Å². The van der Waals surface area contributed by atoms with Gasteiger partial charge in [0.15, 0.2) is 0 Å². The molecule has 2 atom stereocenters. The second-order valence-corrected chi connectivity index (χ2v) is 5.80. The van der Waals surface area contributed by atoms with E-state index >= 15 is 0 Å². The number of carboxylic acids is 1. The van der Waals surface area contributed by atoms with Crippen molar-refractivity contribution in [3.8, 4) is 0 Å². The molecule has 0 saturated carbocycles. The van der Waals surface area contributed by atoms with E-state index in [1.165, 1.54) is 11.3 Å². The molecule has 1 aromatic heterocycles. The second-order valence-electron chi connectivity index (χ2n) is 4.56. The zero-order valence-corrected chi connectivity index (χ0v) is 11.8. The van der Waals surface area contributed by atoms with Crippen molar-refractivity contribution in [1.82, 2.24) is 15.1 Å². The van der Waals surface area contributed by atoms with Crippen LogP contribution in [0.1, 0.15) is 23.9 Å². The lowest BCUT2D eigenvalue weighted by molar-refractivity contribution is -0.138. The molecule has 1 saturated heterocycles. The third kappa shape index (κ3) is 2.54. The van der Waals surface area contributed by atoms with Crippen molar-refractivity contribution in [2.45, 2.75) is 45.2 Å². The molecule has 2 heterocycles. The molecule has 5 nitrogen and oxygen atoms in total. The molecule has 0 spiro atoms. The Labute approximate surface area is 111 Å².